The molecule has 0 radical (unpaired) electrons. The second-order valence-electron chi connectivity index (χ2n) is 3.71. The van der Waals surface area contributed by atoms with E-state index in [0.29, 0.717) is 0 Å². The zero-order valence-corrected chi connectivity index (χ0v) is 8.66. The van der Waals surface area contributed by atoms with Crippen LogP contribution in [0.5, 0.6) is 0 Å². The topological polar surface area (TPSA) is 86.7 Å². The monoisotopic (exact) mass is 234 g/mol. The average Bonchev–Trinajstić information content (AvgIpc) is 1.97. The van der Waals surface area contributed by atoms with Crippen LogP contribution < -0.4 is 0 Å². The number of hydrogen-bond donors (Lipinski definition) is 0. The Bertz CT molecular complexity index is 349. The molecule has 2 saturated heterocycles. The Hall–Kier alpha value is -1.11. The summed E-state index contributed by atoms with van der Waals surface area (Å²) in [5, 5.41) is 0. The highest BCUT2D eigenvalue weighted by molar-refractivity contribution is 7.91. The van der Waals surface area contributed by atoms with Crippen molar-refractivity contribution in [3.8, 4) is 0 Å². The second-order valence-corrected chi connectivity index (χ2v) is 5.86. The Balaban J connectivity index is 1.79. The maximum absolute atomic E-state index is 11.5. The third kappa shape index (κ3) is 2.47. The summed E-state index contributed by atoms with van der Waals surface area (Å²) in [6, 6.07) is 0. The van der Waals surface area contributed by atoms with Crippen LogP contribution in [0, 0.1) is 0 Å². The van der Waals surface area contributed by atoms with Gasteiger partial charge in [-0.1, -0.05) is 0 Å². The van der Waals surface area contributed by atoms with Crippen LogP contribution in [0.3, 0.4) is 0 Å². The molecule has 0 aromatic carbocycles. The van der Waals surface area contributed by atoms with Crippen molar-refractivity contribution in [2.24, 2.45) is 0 Å². The highest BCUT2D eigenvalue weighted by Crippen LogP contribution is 2.19. The first-order valence-corrected chi connectivity index (χ1v) is 6.36. The number of sulfone groups is 1. The first-order valence-electron chi connectivity index (χ1n) is 4.54. The third-order valence-corrected chi connectivity index (χ3v) is 4.02. The summed E-state index contributed by atoms with van der Waals surface area (Å²) in [6.07, 6.45) is -0.718. The molecular weight excluding hydrogens is 224 g/mol. The third-order valence-electron chi connectivity index (χ3n) is 2.26. The van der Waals surface area contributed by atoms with Crippen LogP contribution in [0.25, 0.3) is 0 Å². The van der Waals surface area contributed by atoms with Gasteiger partial charge >= 0.3 is 11.9 Å². The van der Waals surface area contributed by atoms with Gasteiger partial charge in [0.05, 0.1) is 24.3 Å². The summed E-state index contributed by atoms with van der Waals surface area (Å²) in [5.41, 5.74) is 0. The molecule has 7 heteroatoms. The summed E-state index contributed by atoms with van der Waals surface area (Å²) < 4.78 is 32.1. The molecule has 0 amide bonds. The molecule has 2 aliphatic heterocycles. The van der Waals surface area contributed by atoms with Crippen molar-refractivity contribution in [3.63, 3.8) is 0 Å². The molecule has 0 aromatic rings. The Morgan fingerprint density at radius 3 is 1.60 bits per heavy atom. The van der Waals surface area contributed by atoms with Gasteiger partial charge in [0.1, 0.15) is 12.2 Å². The van der Waals surface area contributed by atoms with Gasteiger partial charge < -0.3 is 9.47 Å². The van der Waals surface area contributed by atoms with Crippen LogP contribution >= 0.6 is 0 Å². The van der Waals surface area contributed by atoms with E-state index in [-0.39, 0.29) is 36.3 Å². The van der Waals surface area contributed by atoms with E-state index in [1.807, 2.05) is 0 Å². The lowest BCUT2D eigenvalue weighted by Crippen LogP contribution is -2.43. The molecule has 0 spiro atoms. The SMILES string of the molecule is O=C1CC(CS(=O)(=O)CC2CC(=O)O2)O1. The molecule has 2 fully saturated rings. The van der Waals surface area contributed by atoms with E-state index in [1.54, 1.807) is 0 Å². The lowest BCUT2D eigenvalue weighted by molar-refractivity contribution is -0.167. The van der Waals surface area contributed by atoms with Gasteiger partial charge in [0.2, 0.25) is 0 Å². The fourth-order valence-electron chi connectivity index (χ4n) is 1.54. The first kappa shape index (κ1) is 10.4. The molecule has 2 heterocycles. The zero-order chi connectivity index (χ0) is 11.1. The molecule has 2 rings (SSSR count). The molecule has 84 valence electrons. The Labute approximate surface area is 86.5 Å². The predicted molar refractivity (Wildman–Crippen MR) is 47.6 cm³/mol. The highest BCUT2D eigenvalue weighted by Gasteiger charge is 2.37. The number of carbonyl (C=O) groups is 2. The summed E-state index contributed by atoms with van der Waals surface area (Å²) in [4.78, 5) is 20.9. The van der Waals surface area contributed by atoms with Crippen LogP contribution in [0.15, 0.2) is 0 Å². The first-order chi connectivity index (χ1) is 6.94. The van der Waals surface area contributed by atoms with Crippen molar-refractivity contribution in [2.75, 3.05) is 11.5 Å². The van der Waals surface area contributed by atoms with Gasteiger partial charge in [-0.15, -0.1) is 0 Å². The largest absolute Gasteiger partial charge is 0.461 e. The minimum absolute atomic E-state index is 0.156. The summed E-state index contributed by atoms with van der Waals surface area (Å²) in [5.74, 6) is -1.09. The smallest absolute Gasteiger partial charge is 0.309 e. The molecule has 6 nitrogen and oxygen atoms in total. The molecule has 0 N–H and O–H groups in total. The minimum Gasteiger partial charge on any atom is -0.461 e. The van der Waals surface area contributed by atoms with Crippen molar-refractivity contribution >= 4 is 21.8 Å². The van der Waals surface area contributed by atoms with E-state index in [0.717, 1.165) is 0 Å². The molecule has 2 aliphatic rings. The Morgan fingerprint density at radius 2 is 1.33 bits per heavy atom. The molecule has 0 aliphatic carbocycles. The molecule has 0 saturated carbocycles. The molecular formula is C8H10O6S. The van der Waals surface area contributed by atoms with Crippen molar-refractivity contribution in [3.05, 3.63) is 0 Å². The summed E-state index contributed by atoms with van der Waals surface area (Å²) >= 11 is 0. The van der Waals surface area contributed by atoms with Crippen LogP contribution in [0.1, 0.15) is 12.8 Å². The van der Waals surface area contributed by atoms with Crippen LogP contribution in [-0.4, -0.2) is 44.1 Å². The van der Waals surface area contributed by atoms with Gasteiger partial charge in [-0.3, -0.25) is 9.59 Å². The van der Waals surface area contributed by atoms with E-state index >= 15 is 0 Å². The number of rotatable bonds is 4. The normalized spacial score (nSPS) is 29.9. The van der Waals surface area contributed by atoms with Gasteiger partial charge in [0.15, 0.2) is 9.84 Å². The lowest BCUT2D eigenvalue weighted by atomic mass is 10.2. The molecule has 2 atom stereocenters. The van der Waals surface area contributed by atoms with Crippen molar-refractivity contribution < 1.29 is 27.5 Å². The van der Waals surface area contributed by atoms with E-state index in [1.165, 1.54) is 0 Å². The summed E-state index contributed by atoms with van der Waals surface area (Å²) in [6.45, 7) is 0. The summed E-state index contributed by atoms with van der Waals surface area (Å²) in [7, 11) is -3.30. The van der Waals surface area contributed by atoms with Crippen molar-refractivity contribution in [1.82, 2.24) is 0 Å². The Kier molecular flexibility index (Phi) is 2.41. The van der Waals surface area contributed by atoms with Crippen LogP contribution in [0.4, 0.5) is 0 Å². The fraction of sp³-hybridized carbons (Fsp3) is 0.750. The number of esters is 2. The maximum Gasteiger partial charge on any atom is 0.309 e. The molecule has 15 heavy (non-hydrogen) atoms. The van der Waals surface area contributed by atoms with Gasteiger partial charge in [-0.05, 0) is 0 Å². The second kappa shape index (κ2) is 3.48. The predicted octanol–water partition coefficient (Wildman–Crippen LogP) is -0.968. The average molecular weight is 234 g/mol. The highest BCUT2D eigenvalue weighted by atomic mass is 32.2. The number of cyclic esters (lactones) is 2. The van der Waals surface area contributed by atoms with E-state index in [9.17, 15) is 18.0 Å². The fourth-order valence-corrected chi connectivity index (χ4v) is 3.19. The number of ether oxygens (including phenoxy) is 2. The lowest BCUT2D eigenvalue weighted by Gasteiger charge is -2.28. The van der Waals surface area contributed by atoms with Crippen molar-refractivity contribution in [1.29, 1.82) is 0 Å². The van der Waals surface area contributed by atoms with Gasteiger partial charge in [-0.25, -0.2) is 8.42 Å². The van der Waals surface area contributed by atoms with Crippen LogP contribution in [0.2, 0.25) is 0 Å². The molecule has 2 unspecified atom stereocenters. The number of hydrogen-bond acceptors (Lipinski definition) is 6. The standard InChI is InChI=1S/C8H10O6S/c9-7-1-5(13-7)3-15(11,12)4-6-2-8(10)14-6/h5-6H,1-4H2. The molecule has 0 aromatic heterocycles. The van der Waals surface area contributed by atoms with E-state index in [4.69, 9.17) is 0 Å². The Morgan fingerprint density at radius 1 is 1.00 bits per heavy atom. The minimum atomic E-state index is -3.30. The molecule has 0 bridgehead atoms. The van der Waals surface area contributed by atoms with Crippen molar-refractivity contribution in [2.45, 2.75) is 25.0 Å². The van der Waals surface area contributed by atoms with E-state index < -0.39 is 22.0 Å². The zero-order valence-electron chi connectivity index (χ0n) is 7.84. The quantitative estimate of drug-likeness (QED) is 0.582. The van der Waals surface area contributed by atoms with Gasteiger partial charge in [0, 0.05) is 0 Å². The van der Waals surface area contributed by atoms with Gasteiger partial charge in [-0.2, -0.15) is 0 Å². The van der Waals surface area contributed by atoms with Gasteiger partial charge in [0.25, 0.3) is 0 Å². The van der Waals surface area contributed by atoms with Crippen LogP contribution in [-0.2, 0) is 28.9 Å². The number of carbonyl (C=O) groups excluding carboxylic acids is 2. The van der Waals surface area contributed by atoms with E-state index in [2.05, 4.69) is 9.47 Å². The maximum atomic E-state index is 11.5.